The van der Waals surface area contributed by atoms with E-state index >= 15 is 0 Å². The summed E-state index contributed by atoms with van der Waals surface area (Å²) in [5.74, 6) is 0.793. The summed E-state index contributed by atoms with van der Waals surface area (Å²) in [6.45, 7) is 4.83. The molecule has 0 saturated heterocycles. The van der Waals surface area contributed by atoms with Crippen molar-refractivity contribution in [2.45, 2.75) is 39.5 Å². The molecule has 0 aliphatic carbocycles. The number of nitrogens with one attached hydrogen (secondary N) is 1. The lowest BCUT2D eigenvalue weighted by Crippen LogP contribution is -2.14. The van der Waals surface area contributed by atoms with Gasteiger partial charge in [0.1, 0.15) is 5.75 Å². The summed E-state index contributed by atoms with van der Waals surface area (Å²) in [7, 11) is 0. The molecule has 3 aromatic carbocycles. The number of hydrogen-bond donors (Lipinski definition) is 1. The number of nitrogens with zero attached hydrogens (tertiary/aromatic N) is 1. The quantitative estimate of drug-likeness (QED) is 0.298. The van der Waals surface area contributed by atoms with Gasteiger partial charge in [-0.3, -0.25) is 4.79 Å². The van der Waals surface area contributed by atoms with Crippen LogP contribution in [0, 0.1) is 6.92 Å². The average molecular weight is 445 g/mol. The first-order valence-corrected chi connectivity index (χ1v) is 11.9. The highest BCUT2D eigenvalue weighted by Gasteiger charge is 2.13. The van der Waals surface area contributed by atoms with Crippen molar-refractivity contribution in [2.75, 3.05) is 11.9 Å². The lowest BCUT2D eigenvalue weighted by Gasteiger charge is -2.08. The normalized spacial score (nSPS) is 10.9. The van der Waals surface area contributed by atoms with E-state index in [0.717, 1.165) is 46.3 Å². The Kier molecular flexibility index (Phi) is 7.17. The number of aromatic nitrogens is 1. The van der Waals surface area contributed by atoms with Crippen molar-refractivity contribution in [3.63, 3.8) is 0 Å². The SMILES string of the molecule is CCCCOc1ccc(NC(=O)Cc2sc(Cc3cccc4ccccc34)nc2C)cc1. The van der Waals surface area contributed by atoms with E-state index in [-0.39, 0.29) is 5.91 Å². The number of aryl methyl sites for hydroxylation is 1. The molecular formula is C27H28N2O2S. The maximum Gasteiger partial charge on any atom is 0.229 e. The van der Waals surface area contributed by atoms with Crippen LogP contribution in [0.5, 0.6) is 5.75 Å². The summed E-state index contributed by atoms with van der Waals surface area (Å²) < 4.78 is 5.68. The van der Waals surface area contributed by atoms with Crippen LogP contribution in [-0.4, -0.2) is 17.5 Å². The molecule has 5 heteroatoms. The molecule has 4 rings (SSSR count). The van der Waals surface area contributed by atoms with Gasteiger partial charge in [-0.05, 0) is 53.9 Å². The van der Waals surface area contributed by atoms with Gasteiger partial charge in [-0.15, -0.1) is 11.3 Å². The molecule has 1 heterocycles. The first-order chi connectivity index (χ1) is 15.6. The van der Waals surface area contributed by atoms with Gasteiger partial charge in [0.05, 0.1) is 23.7 Å². The Bertz CT molecular complexity index is 1190. The van der Waals surface area contributed by atoms with E-state index in [1.807, 2.05) is 31.2 Å². The number of rotatable bonds is 9. The number of fused-ring (bicyclic) bond motifs is 1. The summed E-state index contributed by atoms with van der Waals surface area (Å²) in [5.41, 5.74) is 2.96. The van der Waals surface area contributed by atoms with Gasteiger partial charge >= 0.3 is 0 Å². The van der Waals surface area contributed by atoms with Crippen LogP contribution < -0.4 is 10.1 Å². The van der Waals surface area contributed by atoms with Crippen LogP contribution >= 0.6 is 11.3 Å². The van der Waals surface area contributed by atoms with E-state index in [4.69, 9.17) is 9.72 Å². The van der Waals surface area contributed by atoms with Crippen LogP contribution in [0.3, 0.4) is 0 Å². The van der Waals surface area contributed by atoms with Gasteiger partial charge in [0, 0.05) is 17.0 Å². The Balaban J connectivity index is 1.38. The molecule has 1 amide bonds. The van der Waals surface area contributed by atoms with Crippen LogP contribution in [0.4, 0.5) is 5.69 Å². The average Bonchev–Trinajstić information content (AvgIpc) is 3.13. The standard InChI is InChI=1S/C27H28N2O2S/c1-3-4-16-31-23-14-12-22(13-15-23)29-26(30)18-25-19(2)28-27(32-25)17-21-10-7-9-20-8-5-6-11-24(20)21/h5-15H,3-4,16-18H2,1-2H3,(H,29,30). The molecule has 4 nitrogen and oxygen atoms in total. The molecular weight excluding hydrogens is 416 g/mol. The van der Waals surface area contributed by atoms with E-state index in [2.05, 4.69) is 54.7 Å². The largest absolute Gasteiger partial charge is 0.494 e. The Morgan fingerprint density at radius 2 is 1.81 bits per heavy atom. The minimum Gasteiger partial charge on any atom is -0.494 e. The number of anilines is 1. The zero-order chi connectivity index (χ0) is 22.3. The van der Waals surface area contributed by atoms with Crippen molar-refractivity contribution in [3.05, 3.63) is 87.9 Å². The highest BCUT2D eigenvalue weighted by atomic mass is 32.1. The molecule has 0 radical (unpaired) electrons. The van der Waals surface area contributed by atoms with Crippen LogP contribution in [0.1, 0.15) is 40.9 Å². The van der Waals surface area contributed by atoms with Gasteiger partial charge in [-0.25, -0.2) is 4.98 Å². The van der Waals surface area contributed by atoms with E-state index in [0.29, 0.717) is 13.0 Å². The van der Waals surface area contributed by atoms with E-state index in [1.54, 1.807) is 11.3 Å². The molecule has 1 aromatic heterocycles. The van der Waals surface area contributed by atoms with Gasteiger partial charge in [0.2, 0.25) is 5.91 Å². The third-order valence-corrected chi connectivity index (χ3v) is 6.54. The summed E-state index contributed by atoms with van der Waals surface area (Å²) in [6, 6.07) is 22.3. The maximum atomic E-state index is 12.6. The smallest absolute Gasteiger partial charge is 0.229 e. The number of benzene rings is 3. The minimum absolute atomic E-state index is 0.0342. The number of carbonyl (C=O) groups excluding carboxylic acids is 1. The van der Waals surface area contributed by atoms with Gasteiger partial charge in [0.25, 0.3) is 0 Å². The number of ether oxygens (including phenoxy) is 1. The predicted octanol–water partition coefficient (Wildman–Crippen LogP) is 6.56. The van der Waals surface area contributed by atoms with Crippen molar-refractivity contribution in [3.8, 4) is 5.75 Å². The number of hydrogen-bond acceptors (Lipinski definition) is 4. The van der Waals surface area contributed by atoms with Crippen LogP contribution in [0.25, 0.3) is 10.8 Å². The minimum atomic E-state index is -0.0342. The fourth-order valence-electron chi connectivity index (χ4n) is 3.66. The number of carbonyl (C=O) groups is 1. The molecule has 0 saturated carbocycles. The number of amides is 1. The van der Waals surface area contributed by atoms with Crippen LogP contribution in [0.2, 0.25) is 0 Å². The van der Waals surface area contributed by atoms with Crippen LogP contribution in [-0.2, 0) is 17.6 Å². The third-order valence-electron chi connectivity index (χ3n) is 5.38. The predicted molar refractivity (Wildman–Crippen MR) is 133 cm³/mol. The molecule has 0 aliphatic heterocycles. The zero-order valence-electron chi connectivity index (χ0n) is 18.6. The van der Waals surface area contributed by atoms with E-state index in [1.165, 1.54) is 16.3 Å². The molecule has 32 heavy (non-hydrogen) atoms. The summed E-state index contributed by atoms with van der Waals surface area (Å²) >= 11 is 1.62. The topological polar surface area (TPSA) is 51.2 Å². The van der Waals surface area contributed by atoms with Crippen molar-refractivity contribution >= 4 is 33.7 Å². The first kappa shape index (κ1) is 22.0. The monoisotopic (exact) mass is 444 g/mol. The Morgan fingerprint density at radius 3 is 2.62 bits per heavy atom. The van der Waals surface area contributed by atoms with Crippen molar-refractivity contribution < 1.29 is 9.53 Å². The Labute approximate surface area is 193 Å². The second-order valence-corrected chi connectivity index (χ2v) is 9.05. The molecule has 4 aromatic rings. The molecule has 0 bridgehead atoms. The lowest BCUT2D eigenvalue weighted by atomic mass is 10.0. The second kappa shape index (κ2) is 10.4. The fourth-order valence-corrected chi connectivity index (χ4v) is 4.75. The van der Waals surface area contributed by atoms with E-state index in [9.17, 15) is 4.79 Å². The van der Waals surface area contributed by atoms with Crippen molar-refractivity contribution in [2.24, 2.45) is 0 Å². The highest BCUT2D eigenvalue weighted by molar-refractivity contribution is 7.11. The molecule has 0 atom stereocenters. The molecule has 1 N–H and O–H groups in total. The molecule has 0 spiro atoms. The molecule has 0 fully saturated rings. The Hall–Kier alpha value is -3.18. The second-order valence-electron chi connectivity index (χ2n) is 7.88. The summed E-state index contributed by atoms with van der Waals surface area (Å²) in [6.07, 6.45) is 3.24. The summed E-state index contributed by atoms with van der Waals surface area (Å²) in [5, 5.41) is 6.51. The zero-order valence-corrected chi connectivity index (χ0v) is 19.4. The number of thiazole rings is 1. The van der Waals surface area contributed by atoms with Gasteiger partial charge in [0.15, 0.2) is 0 Å². The van der Waals surface area contributed by atoms with Crippen LogP contribution in [0.15, 0.2) is 66.7 Å². The van der Waals surface area contributed by atoms with Crippen molar-refractivity contribution in [1.82, 2.24) is 4.98 Å². The maximum absolute atomic E-state index is 12.6. The fraction of sp³-hybridized carbons (Fsp3) is 0.259. The Morgan fingerprint density at radius 1 is 1.03 bits per heavy atom. The van der Waals surface area contributed by atoms with E-state index < -0.39 is 0 Å². The van der Waals surface area contributed by atoms with Gasteiger partial charge < -0.3 is 10.1 Å². The highest BCUT2D eigenvalue weighted by Crippen LogP contribution is 2.26. The first-order valence-electron chi connectivity index (χ1n) is 11.1. The molecule has 0 aliphatic rings. The van der Waals surface area contributed by atoms with Crippen molar-refractivity contribution in [1.29, 1.82) is 0 Å². The van der Waals surface area contributed by atoms with Gasteiger partial charge in [-0.2, -0.15) is 0 Å². The molecule has 0 unspecified atom stereocenters. The third kappa shape index (κ3) is 5.54. The summed E-state index contributed by atoms with van der Waals surface area (Å²) in [4.78, 5) is 18.4. The number of unbranched alkanes of at least 4 members (excludes halogenated alkanes) is 1. The lowest BCUT2D eigenvalue weighted by molar-refractivity contribution is -0.115. The van der Waals surface area contributed by atoms with Gasteiger partial charge in [-0.1, -0.05) is 55.8 Å². The molecule has 164 valence electrons.